The molecule has 6 heteroatoms. The van der Waals surface area contributed by atoms with Gasteiger partial charge in [0.15, 0.2) is 0 Å². The predicted molar refractivity (Wildman–Crippen MR) is 87.7 cm³/mol. The Morgan fingerprint density at radius 2 is 2.18 bits per heavy atom. The van der Waals surface area contributed by atoms with Gasteiger partial charge in [-0.1, -0.05) is 23.7 Å². The second-order valence-electron chi connectivity index (χ2n) is 4.89. The highest BCUT2D eigenvalue weighted by molar-refractivity contribution is 7.09. The molecule has 1 aromatic carbocycles. The molecule has 1 heterocycles. The maximum absolute atomic E-state index is 11.9. The van der Waals surface area contributed by atoms with E-state index in [1.807, 2.05) is 12.3 Å². The second-order valence-corrected chi connectivity index (χ2v) is 6.39. The zero-order chi connectivity index (χ0) is 15.9. The Bertz CT molecular complexity index is 675. The number of aromatic nitrogens is 1. The molecule has 0 saturated carbocycles. The number of nitrogens with zero attached hydrogens (tertiary/aromatic N) is 2. The van der Waals surface area contributed by atoms with E-state index in [4.69, 9.17) is 11.6 Å². The molecule has 0 unspecified atom stereocenters. The van der Waals surface area contributed by atoms with Crippen molar-refractivity contribution in [1.82, 2.24) is 10.3 Å². The van der Waals surface area contributed by atoms with E-state index < -0.39 is 6.04 Å². The highest BCUT2D eigenvalue weighted by Crippen LogP contribution is 2.16. The second kappa shape index (κ2) is 7.92. The molecular weight excluding hydrogens is 318 g/mol. The highest BCUT2D eigenvalue weighted by Gasteiger charge is 2.13. The lowest BCUT2D eigenvalue weighted by Crippen LogP contribution is -2.27. The Balaban J connectivity index is 1.82. The maximum Gasteiger partial charge on any atom is 0.221 e. The maximum atomic E-state index is 11.9. The van der Waals surface area contributed by atoms with Gasteiger partial charge >= 0.3 is 0 Å². The van der Waals surface area contributed by atoms with Crippen molar-refractivity contribution < 1.29 is 4.79 Å². The summed E-state index contributed by atoms with van der Waals surface area (Å²) in [6.45, 7) is 1.96. The molecule has 0 aliphatic heterocycles. The minimum Gasteiger partial charge on any atom is -0.337 e. The van der Waals surface area contributed by atoms with Gasteiger partial charge in [-0.3, -0.25) is 4.79 Å². The molecule has 2 aromatic rings. The van der Waals surface area contributed by atoms with Crippen molar-refractivity contribution in [2.75, 3.05) is 0 Å². The summed E-state index contributed by atoms with van der Waals surface area (Å²) in [5.74, 6) is -0.131. The number of thiazole rings is 1. The topological polar surface area (TPSA) is 65.8 Å². The fraction of sp³-hybridized carbons (Fsp3) is 0.312. The molecule has 1 N–H and O–H groups in total. The lowest BCUT2D eigenvalue weighted by Gasteiger charge is -2.12. The third-order valence-electron chi connectivity index (χ3n) is 3.14. The Morgan fingerprint density at radius 3 is 2.77 bits per heavy atom. The van der Waals surface area contributed by atoms with E-state index in [0.29, 0.717) is 17.9 Å². The lowest BCUT2D eigenvalue weighted by molar-refractivity contribution is -0.121. The number of hydrogen-bond acceptors (Lipinski definition) is 4. The van der Waals surface area contributed by atoms with Crippen LogP contribution in [0.2, 0.25) is 5.02 Å². The van der Waals surface area contributed by atoms with Crippen molar-refractivity contribution in [3.8, 4) is 6.07 Å². The minimum absolute atomic E-state index is 0.131. The molecule has 0 saturated heterocycles. The Hall–Kier alpha value is -1.90. The van der Waals surface area contributed by atoms with Crippen LogP contribution < -0.4 is 5.32 Å². The SMILES string of the molecule is Cc1nc(CCCC(=O)N[C@H](C#N)c2ccc(Cl)cc2)cs1. The number of rotatable bonds is 6. The van der Waals surface area contributed by atoms with Crippen molar-refractivity contribution >= 4 is 28.8 Å². The van der Waals surface area contributed by atoms with Gasteiger partial charge in [0.1, 0.15) is 6.04 Å². The van der Waals surface area contributed by atoms with Gasteiger partial charge in [0, 0.05) is 16.8 Å². The van der Waals surface area contributed by atoms with Crippen LogP contribution in [0.15, 0.2) is 29.6 Å². The number of hydrogen-bond donors (Lipinski definition) is 1. The summed E-state index contributed by atoms with van der Waals surface area (Å²) in [7, 11) is 0. The average Bonchev–Trinajstić information content (AvgIpc) is 2.91. The van der Waals surface area contributed by atoms with E-state index in [1.165, 1.54) is 0 Å². The Labute approximate surface area is 138 Å². The first-order chi connectivity index (χ1) is 10.6. The van der Waals surface area contributed by atoms with E-state index in [0.717, 1.165) is 22.7 Å². The van der Waals surface area contributed by atoms with Crippen LogP contribution in [0.5, 0.6) is 0 Å². The highest BCUT2D eigenvalue weighted by atomic mass is 35.5. The van der Waals surface area contributed by atoms with Crippen LogP contribution in [-0.4, -0.2) is 10.9 Å². The monoisotopic (exact) mass is 333 g/mol. The largest absolute Gasteiger partial charge is 0.337 e. The van der Waals surface area contributed by atoms with Crippen molar-refractivity contribution in [2.45, 2.75) is 32.2 Å². The van der Waals surface area contributed by atoms with Crippen LogP contribution in [-0.2, 0) is 11.2 Å². The third-order valence-corrected chi connectivity index (χ3v) is 4.22. The number of aryl methyl sites for hydroxylation is 2. The van der Waals surface area contributed by atoms with Crippen molar-refractivity contribution in [3.63, 3.8) is 0 Å². The van der Waals surface area contributed by atoms with Crippen molar-refractivity contribution in [3.05, 3.63) is 50.9 Å². The van der Waals surface area contributed by atoms with E-state index in [2.05, 4.69) is 16.4 Å². The summed E-state index contributed by atoms with van der Waals surface area (Å²) in [6, 6.07) is 8.35. The lowest BCUT2D eigenvalue weighted by atomic mass is 10.1. The average molecular weight is 334 g/mol. The van der Waals surface area contributed by atoms with Gasteiger partial charge in [-0.05, 0) is 37.5 Å². The van der Waals surface area contributed by atoms with Crippen LogP contribution in [0.4, 0.5) is 0 Å². The molecule has 2 rings (SSSR count). The van der Waals surface area contributed by atoms with Gasteiger partial charge in [-0.15, -0.1) is 11.3 Å². The number of benzene rings is 1. The van der Waals surface area contributed by atoms with E-state index in [9.17, 15) is 10.1 Å². The molecule has 1 aromatic heterocycles. The summed E-state index contributed by atoms with van der Waals surface area (Å²) >= 11 is 7.43. The first kappa shape index (κ1) is 16.5. The third kappa shape index (κ3) is 4.83. The molecule has 114 valence electrons. The van der Waals surface area contributed by atoms with Crippen LogP contribution in [0.25, 0.3) is 0 Å². The molecule has 1 amide bonds. The first-order valence-corrected chi connectivity index (χ1v) is 8.19. The van der Waals surface area contributed by atoms with E-state index in [-0.39, 0.29) is 5.91 Å². The zero-order valence-corrected chi connectivity index (χ0v) is 13.7. The number of carbonyl (C=O) groups excluding carboxylic acids is 1. The molecule has 0 aliphatic carbocycles. The molecule has 0 aliphatic rings. The van der Waals surface area contributed by atoms with E-state index >= 15 is 0 Å². The summed E-state index contributed by atoms with van der Waals surface area (Å²) in [4.78, 5) is 16.3. The summed E-state index contributed by atoms with van der Waals surface area (Å²) in [6.07, 6.45) is 1.87. The standard InChI is InChI=1S/C16H16ClN3OS/c1-11-19-14(10-22-11)3-2-4-16(21)20-15(9-18)12-5-7-13(17)8-6-12/h5-8,10,15H,2-4H2,1H3,(H,20,21)/t15-/m1/s1. The summed E-state index contributed by atoms with van der Waals surface area (Å²) in [5.41, 5.74) is 1.75. The quantitative estimate of drug-likeness (QED) is 0.874. The summed E-state index contributed by atoms with van der Waals surface area (Å²) < 4.78 is 0. The predicted octanol–water partition coefficient (Wildman–Crippen LogP) is 3.81. The molecule has 1 atom stereocenters. The minimum atomic E-state index is -0.647. The first-order valence-electron chi connectivity index (χ1n) is 6.94. The van der Waals surface area contributed by atoms with Gasteiger partial charge in [0.25, 0.3) is 0 Å². The van der Waals surface area contributed by atoms with Crippen LogP contribution in [0.1, 0.15) is 35.1 Å². The fourth-order valence-electron chi connectivity index (χ4n) is 2.03. The number of carbonyl (C=O) groups is 1. The molecular formula is C16H16ClN3OS. The number of nitriles is 1. The molecule has 0 bridgehead atoms. The van der Waals surface area contributed by atoms with Crippen LogP contribution >= 0.6 is 22.9 Å². The van der Waals surface area contributed by atoms with Gasteiger partial charge in [0.2, 0.25) is 5.91 Å². The van der Waals surface area contributed by atoms with Gasteiger partial charge in [0.05, 0.1) is 16.8 Å². The molecule has 0 fully saturated rings. The molecule has 22 heavy (non-hydrogen) atoms. The van der Waals surface area contributed by atoms with Crippen molar-refractivity contribution in [1.29, 1.82) is 5.26 Å². The Morgan fingerprint density at radius 1 is 1.45 bits per heavy atom. The number of nitrogens with one attached hydrogen (secondary N) is 1. The van der Waals surface area contributed by atoms with Gasteiger partial charge in [-0.25, -0.2) is 4.98 Å². The summed E-state index contributed by atoms with van der Waals surface area (Å²) in [5, 5.41) is 15.6. The number of halogens is 1. The molecule has 0 radical (unpaired) electrons. The van der Waals surface area contributed by atoms with Crippen LogP contribution in [0.3, 0.4) is 0 Å². The fourth-order valence-corrected chi connectivity index (χ4v) is 2.80. The van der Waals surface area contributed by atoms with Gasteiger partial charge in [-0.2, -0.15) is 5.26 Å². The normalized spacial score (nSPS) is 11.7. The number of amides is 1. The zero-order valence-electron chi connectivity index (χ0n) is 12.2. The Kier molecular flexibility index (Phi) is 5.93. The van der Waals surface area contributed by atoms with Crippen molar-refractivity contribution in [2.24, 2.45) is 0 Å². The molecule has 4 nitrogen and oxygen atoms in total. The smallest absolute Gasteiger partial charge is 0.221 e. The van der Waals surface area contributed by atoms with E-state index in [1.54, 1.807) is 35.6 Å². The van der Waals surface area contributed by atoms with Crippen LogP contribution in [0, 0.1) is 18.3 Å². The molecule has 0 spiro atoms. The van der Waals surface area contributed by atoms with Gasteiger partial charge < -0.3 is 5.32 Å².